The van der Waals surface area contributed by atoms with Gasteiger partial charge in [-0.25, -0.2) is 4.79 Å². The highest BCUT2D eigenvalue weighted by Gasteiger charge is 2.21. The van der Waals surface area contributed by atoms with Crippen LogP contribution in [0.15, 0.2) is 63.7 Å². The number of phenols is 2. The van der Waals surface area contributed by atoms with E-state index >= 15 is 0 Å². The molecule has 0 saturated carbocycles. The third-order valence-corrected chi connectivity index (χ3v) is 4.88. The Morgan fingerprint density at radius 2 is 1.76 bits per heavy atom. The van der Waals surface area contributed by atoms with Gasteiger partial charge in [0.05, 0.1) is 23.2 Å². The van der Waals surface area contributed by atoms with Crippen molar-refractivity contribution >= 4 is 38.2 Å². The molecule has 3 rings (SSSR count). The van der Waals surface area contributed by atoms with E-state index in [2.05, 4.69) is 10.2 Å². The van der Waals surface area contributed by atoms with Crippen LogP contribution in [0, 0.1) is 0 Å². The topological polar surface area (TPSA) is 146 Å². The maximum Gasteiger partial charge on any atom is 0.338 e. The number of hydrogen-bond donors (Lipinski definition) is 3. The van der Waals surface area contributed by atoms with Gasteiger partial charge in [-0.05, 0) is 43.3 Å². The van der Waals surface area contributed by atoms with Crippen molar-refractivity contribution in [2.75, 3.05) is 6.61 Å². The number of hydrogen-bond acceptors (Lipinski definition) is 8. The van der Waals surface area contributed by atoms with Crippen LogP contribution in [0.2, 0.25) is 0 Å². The number of esters is 1. The fourth-order valence-electron chi connectivity index (χ4n) is 2.67. The summed E-state index contributed by atoms with van der Waals surface area (Å²) in [4.78, 5) is 11.1. The molecule has 0 atom stereocenters. The van der Waals surface area contributed by atoms with Crippen molar-refractivity contribution in [3.63, 3.8) is 0 Å². The summed E-state index contributed by atoms with van der Waals surface area (Å²) >= 11 is 0. The maximum absolute atomic E-state index is 11.7. The van der Waals surface area contributed by atoms with Crippen molar-refractivity contribution in [2.45, 2.75) is 11.8 Å². The monoisotopic (exact) mass is 416 g/mol. The molecule has 29 heavy (non-hydrogen) atoms. The molecule has 0 aliphatic carbocycles. The number of benzene rings is 3. The van der Waals surface area contributed by atoms with Crippen molar-refractivity contribution in [3.8, 4) is 11.5 Å². The van der Waals surface area contributed by atoms with Crippen molar-refractivity contribution in [1.29, 1.82) is 0 Å². The van der Waals surface area contributed by atoms with E-state index in [-0.39, 0.29) is 28.8 Å². The molecule has 3 N–H and O–H groups in total. The number of rotatable bonds is 5. The minimum Gasteiger partial charge on any atom is -0.507 e. The van der Waals surface area contributed by atoms with Gasteiger partial charge in [-0.15, -0.1) is 5.11 Å². The molecule has 150 valence electrons. The molecular weight excluding hydrogens is 400 g/mol. The van der Waals surface area contributed by atoms with Gasteiger partial charge in [-0.3, -0.25) is 4.55 Å². The highest BCUT2D eigenvalue weighted by molar-refractivity contribution is 7.86. The normalized spacial score (nSPS) is 11.8. The largest absolute Gasteiger partial charge is 0.507 e. The summed E-state index contributed by atoms with van der Waals surface area (Å²) in [5.41, 5.74) is 0.349. The summed E-state index contributed by atoms with van der Waals surface area (Å²) in [6.45, 7) is 1.93. The molecule has 0 spiro atoms. The first-order valence-corrected chi connectivity index (χ1v) is 9.80. The zero-order chi connectivity index (χ0) is 21.2. The standard InChI is InChI=1S/C19H16N2O7S/c1-2-28-19(24)11-6-8-12(9-7-11)20-21-14-10-16(29(25,26)27)13-4-3-5-15(22)17(13)18(14)23/h3-10,22-23H,2H2,1H3,(H,25,26,27). The van der Waals surface area contributed by atoms with Gasteiger partial charge in [0.2, 0.25) is 0 Å². The van der Waals surface area contributed by atoms with Crippen molar-refractivity contribution in [2.24, 2.45) is 10.2 Å². The van der Waals surface area contributed by atoms with E-state index in [4.69, 9.17) is 4.74 Å². The van der Waals surface area contributed by atoms with Crippen LogP contribution in [0.5, 0.6) is 11.5 Å². The molecule has 0 heterocycles. The molecule has 0 aromatic heterocycles. The van der Waals surface area contributed by atoms with Gasteiger partial charge in [0, 0.05) is 5.39 Å². The Kier molecular flexibility index (Phi) is 5.48. The van der Waals surface area contributed by atoms with E-state index in [9.17, 15) is 28.0 Å². The molecule has 0 saturated heterocycles. The van der Waals surface area contributed by atoms with E-state index < -0.39 is 26.7 Å². The van der Waals surface area contributed by atoms with E-state index in [0.29, 0.717) is 11.3 Å². The van der Waals surface area contributed by atoms with Crippen molar-refractivity contribution < 1.29 is 32.7 Å². The van der Waals surface area contributed by atoms with Gasteiger partial charge in [-0.2, -0.15) is 13.5 Å². The highest BCUT2D eigenvalue weighted by atomic mass is 32.2. The third kappa shape index (κ3) is 4.18. The number of ether oxygens (including phenoxy) is 1. The molecule has 3 aromatic rings. The lowest BCUT2D eigenvalue weighted by molar-refractivity contribution is 0.0526. The van der Waals surface area contributed by atoms with E-state index in [0.717, 1.165) is 6.07 Å². The summed E-state index contributed by atoms with van der Waals surface area (Å²) in [5, 5.41) is 27.9. The summed E-state index contributed by atoms with van der Waals surface area (Å²) in [7, 11) is -4.66. The van der Waals surface area contributed by atoms with Crippen LogP contribution in [0.25, 0.3) is 10.8 Å². The SMILES string of the molecule is CCOC(=O)c1ccc(N=Nc2cc(S(=O)(=O)O)c3cccc(O)c3c2O)cc1. The highest BCUT2D eigenvalue weighted by Crippen LogP contribution is 2.43. The summed E-state index contributed by atoms with van der Waals surface area (Å²) in [6, 6.07) is 10.8. The average Bonchev–Trinajstić information content (AvgIpc) is 2.67. The first kappa shape index (κ1) is 20.2. The second-order valence-corrected chi connectivity index (χ2v) is 7.27. The van der Waals surface area contributed by atoms with Crippen molar-refractivity contribution in [3.05, 3.63) is 54.1 Å². The van der Waals surface area contributed by atoms with Crippen molar-refractivity contribution in [1.82, 2.24) is 0 Å². The second-order valence-electron chi connectivity index (χ2n) is 5.88. The lowest BCUT2D eigenvalue weighted by atomic mass is 10.1. The van der Waals surface area contributed by atoms with E-state index in [1.165, 1.54) is 42.5 Å². The van der Waals surface area contributed by atoms with Gasteiger partial charge < -0.3 is 14.9 Å². The molecule has 0 aliphatic rings. The Hall–Kier alpha value is -3.50. The Balaban J connectivity index is 2.05. The molecule has 10 heteroatoms. The minimum absolute atomic E-state index is 0.0669. The Morgan fingerprint density at radius 3 is 2.38 bits per heavy atom. The zero-order valence-corrected chi connectivity index (χ0v) is 15.9. The predicted molar refractivity (Wildman–Crippen MR) is 104 cm³/mol. The predicted octanol–water partition coefficient (Wildman–Crippen LogP) is 4.09. The molecular formula is C19H16N2O7S. The number of phenolic OH excluding ortho intramolecular Hbond substituents is 2. The molecule has 0 fully saturated rings. The number of carbonyl (C=O) groups excluding carboxylic acids is 1. The Morgan fingerprint density at radius 1 is 1.07 bits per heavy atom. The summed E-state index contributed by atoms with van der Waals surface area (Å²) in [6.07, 6.45) is 0. The van der Waals surface area contributed by atoms with Gasteiger partial charge in [-0.1, -0.05) is 12.1 Å². The van der Waals surface area contributed by atoms with Gasteiger partial charge in [0.15, 0.2) is 5.75 Å². The van der Waals surface area contributed by atoms with Crippen LogP contribution in [0.1, 0.15) is 17.3 Å². The molecule has 0 bridgehead atoms. The molecule has 0 radical (unpaired) electrons. The Labute approximate surface area is 165 Å². The van der Waals surface area contributed by atoms with Gasteiger partial charge in [0.1, 0.15) is 16.3 Å². The van der Waals surface area contributed by atoms with Crippen LogP contribution in [-0.4, -0.2) is 35.8 Å². The smallest absolute Gasteiger partial charge is 0.338 e. The maximum atomic E-state index is 11.7. The van der Waals surface area contributed by atoms with Crippen LogP contribution in [0.3, 0.4) is 0 Å². The quantitative estimate of drug-likeness (QED) is 0.322. The molecule has 0 unspecified atom stereocenters. The first-order chi connectivity index (χ1) is 13.7. The van der Waals surface area contributed by atoms with Crippen LogP contribution >= 0.6 is 0 Å². The number of carbonyl (C=O) groups is 1. The number of nitrogens with zero attached hydrogens (tertiary/aromatic N) is 2. The van der Waals surface area contributed by atoms with Crippen LogP contribution in [-0.2, 0) is 14.9 Å². The fourth-order valence-corrected chi connectivity index (χ4v) is 3.38. The lowest BCUT2D eigenvalue weighted by Crippen LogP contribution is -2.03. The third-order valence-electron chi connectivity index (χ3n) is 3.98. The fraction of sp³-hybridized carbons (Fsp3) is 0.105. The number of fused-ring (bicyclic) bond motifs is 1. The molecule has 9 nitrogen and oxygen atoms in total. The molecule has 0 amide bonds. The molecule has 0 aliphatic heterocycles. The number of aromatic hydroxyl groups is 2. The summed E-state index contributed by atoms with van der Waals surface area (Å²) in [5.74, 6) is -1.38. The lowest BCUT2D eigenvalue weighted by Gasteiger charge is -2.09. The Bertz CT molecular complexity index is 1220. The first-order valence-electron chi connectivity index (χ1n) is 8.36. The van der Waals surface area contributed by atoms with E-state index in [1.807, 2.05) is 0 Å². The van der Waals surface area contributed by atoms with E-state index in [1.54, 1.807) is 6.92 Å². The van der Waals surface area contributed by atoms with Gasteiger partial charge in [0.25, 0.3) is 10.1 Å². The summed E-state index contributed by atoms with van der Waals surface area (Å²) < 4.78 is 37.8. The minimum atomic E-state index is -4.66. The number of azo groups is 1. The van der Waals surface area contributed by atoms with Crippen LogP contribution in [0.4, 0.5) is 11.4 Å². The molecule has 3 aromatic carbocycles. The second kappa shape index (κ2) is 7.86. The zero-order valence-electron chi connectivity index (χ0n) is 15.1. The van der Waals surface area contributed by atoms with Crippen LogP contribution < -0.4 is 0 Å². The van der Waals surface area contributed by atoms with Gasteiger partial charge >= 0.3 is 5.97 Å². The average molecular weight is 416 g/mol.